The number of hydrogen-bond acceptors (Lipinski definition) is 3. The van der Waals surface area contributed by atoms with Crippen molar-refractivity contribution < 1.29 is 0 Å². The summed E-state index contributed by atoms with van der Waals surface area (Å²) in [4.78, 5) is 4.63. The topological polar surface area (TPSA) is 67.1 Å². The average Bonchev–Trinajstić information content (AvgIpc) is 3.08. The second-order valence-corrected chi connectivity index (χ2v) is 5.64. The van der Waals surface area contributed by atoms with Crippen LogP contribution in [0.1, 0.15) is 45.4 Å². The highest BCUT2D eigenvalue weighted by Gasteiger charge is 2.06. The maximum Gasteiger partial charge on any atom is 0.191 e. The van der Waals surface area contributed by atoms with Crippen molar-refractivity contribution in [2.75, 3.05) is 13.1 Å². The summed E-state index contributed by atoms with van der Waals surface area (Å²) in [5.74, 6) is 1.65. The molecule has 25 heavy (non-hydrogen) atoms. The van der Waals surface area contributed by atoms with Gasteiger partial charge in [0.2, 0.25) is 0 Å². The molecule has 1 aromatic carbocycles. The number of guanidine groups is 1. The fourth-order valence-corrected chi connectivity index (χ4v) is 2.42. The molecule has 6 nitrogen and oxygen atoms in total. The first-order chi connectivity index (χ1) is 11.8. The summed E-state index contributed by atoms with van der Waals surface area (Å²) in [6.45, 7) is 6.56. The number of unbranched alkanes of at least 4 members (excludes halogenated alkanes) is 3. The van der Waals surface area contributed by atoms with Gasteiger partial charge >= 0.3 is 0 Å². The van der Waals surface area contributed by atoms with Gasteiger partial charge in [-0.3, -0.25) is 4.57 Å². The van der Waals surface area contributed by atoms with Crippen LogP contribution >= 0.6 is 24.0 Å². The molecule has 0 saturated carbocycles. The van der Waals surface area contributed by atoms with Gasteiger partial charge in [0.05, 0.1) is 0 Å². The Labute approximate surface area is 167 Å². The smallest absolute Gasteiger partial charge is 0.191 e. The summed E-state index contributed by atoms with van der Waals surface area (Å²) in [5.41, 5.74) is 1.05. The van der Waals surface area contributed by atoms with Crippen LogP contribution in [0.3, 0.4) is 0 Å². The average molecular weight is 456 g/mol. The zero-order chi connectivity index (χ0) is 17.0. The molecular weight excluding hydrogens is 427 g/mol. The van der Waals surface area contributed by atoms with Gasteiger partial charge in [-0.05, 0) is 25.5 Å². The minimum absolute atomic E-state index is 0. The second-order valence-electron chi connectivity index (χ2n) is 5.64. The van der Waals surface area contributed by atoms with Gasteiger partial charge < -0.3 is 10.6 Å². The fraction of sp³-hybridized carbons (Fsp3) is 0.500. The molecular formula is C18H29IN6. The number of nitrogens with zero attached hydrogens (tertiary/aromatic N) is 4. The quantitative estimate of drug-likeness (QED) is 0.262. The molecule has 0 aliphatic heterocycles. The van der Waals surface area contributed by atoms with E-state index in [2.05, 4.69) is 39.7 Å². The Morgan fingerprint density at radius 1 is 1.08 bits per heavy atom. The SMILES string of the molecule is CCCCCCNC(=NCc1nncn1-c1ccccc1)NCC.I. The lowest BCUT2D eigenvalue weighted by Gasteiger charge is -2.11. The maximum atomic E-state index is 4.63. The van der Waals surface area contributed by atoms with E-state index in [-0.39, 0.29) is 24.0 Å². The Bertz CT molecular complexity index is 611. The molecule has 0 bridgehead atoms. The lowest BCUT2D eigenvalue weighted by atomic mass is 10.2. The maximum absolute atomic E-state index is 4.63. The third-order valence-electron chi connectivity index (χ3n) is 3.70. The predicted molar refractivity (Wildman–Crippen MR) is 114 cm³/mol. The summed E-state index contributed by atoms with van der Waals surface area (Å²) in [6, 6.07) is 10.1. The molecule has 0 fully saturated rings. The van der Waals surface area contributed by atoms with Crippen LogP contribution in [0.15, 0.2) is 41.7 Å². The van der Waals surface area contributed by atoms with Gasteiger partial charge in [-0.2, -0.15) is 0 Å². The summed E-state index contributed by atoms with van der Waals surface area (Å²) >= 11 is 0. The van der Waals surface area contributed by atoms with Gasteiger partial charge in [0, 0.05) is 18.8 Å². The first kappa shape index (κ1) is 21.4. The molecule has 0 spiro atoms. The van der Waals surface area contributed by atoms with Crippen molar-refractivity contribution in [2.45, 2.75) is 46.1 Å². The monoisotopic (exact) mass is 456 g/mol. The molecule has 0 radical (unpaired) electrons. The van der Waals surface area contributed by atoms with Crippen molar-refractivity contribution in [1.29, 1.82) is 0 Å². The molecule has 0 unspecified atom stereocenters. The number of rotatable bonds is 9. The standard InChI is InChI=1S/C18H28N6.HI/c1-3-5-6-10-13-20-18(19-4-2)21-14-17-23-22-15-24(17)16-11-8-7-9-12-16;/h7-9,11-12,15H,3-6,10,13-14H2,1-2H3,(H2,19,20,21);1H. The summed E-state index contributed by atoms with van der Waals surface area (Å²) in [7, 11) is 0. The molecule has 7 heteroatoms. The molecule has 0 aliphatic carbocycles. The largest absolute Gasteiger partial charge is 0.357 e. The second kappa shape index (κ2) is 12.7. The zero-order valence-corrected chi connectivity index (χ0v) is 17.4. The highest BCUT2D eigenvalue weighted by Crippen LogP contribution is 2.09. The van der Waals surface area contributed by atoms with Crippen molar-refractivity contribution in [1.82, 2.24) is 25.4 Å². The minimum Gasteiger partial charge on any atom is -0.357 e. The molecule has 2 aromatic rings. The molecule has 0 amide bonds. The first-order valence-electron chi connectivity index (χ1n) is 8.81. The van der Waals surface area contributed by atoms with Crippen LogP contribution in [0.5, 0.6) is 0 Å². The summed E-state index contributed by atoms with van der Waals surface area (Å²) in [6.07, 6.45) is 6.69. The van der Waals surface area contributed by atoms with E-state index >= 15 is 0 Å². The van der Waals surface area contributed by atoms with Gasteiger partial charge in [0.1, 0.15) is 12.9 Å². The Morgan fingerprint density at radius 2 is 1.88 bits per heavy atom. The normalized spacial score (nSPS) is 11.0. The molecule has 2 rings (SSSR count). The van der Waals surface area contributed by atoms with E-state index in [1.165, 1.54) is 25.7 Å². The fourth-order valence-electron chi connectivity index (χ4n) is 2.42. The van der Waals surface area contributed by atoms with Gasteiger partial charge in [0.25, 0.3) is 0 Å². The Kier molecular flexibility index (Phi) is 10.9. The number of benzene rings is 1. The van der Waals surface area contributed by atoms with E-state index in [1.807, 2.05) is 34.9 Å². The molecule has 138 valence electrons. The van der Waals surface area contributed by atoms with Gasteiger partial charge in [-0.15, -0.1) is 34.2 Å². The number of halogens is 1. The lowest BCUT2D eigenvalue weighted by Crippen LogP contribution is -2.37. The van der Waals surface area contributed by atoms with Crippen molar-refractivity contribution in [3.8, 4) is 5.69 Å². The first-order valence-corrected chi connectivity index (χ1v) is 8.81. The van der Waals surface area contributed by atoms with Crippen LogP contribution in [0.25, 0.3) is 5.69 Å². The highest BCUT2D eigenvalue weighted by atomic mass is 127. The van der Waals surface area contributed by atoms with Crippen molar-refractivity contribution >= 4 is 29.9 Å². The van der Waals surface area contributed by atoms with Crippen molar-refractivity contribution in [3.63, 3.8) is 0 Å². The van der Waals surface area contributed by atoms with E-state index in [4.69, 9.17) is 0 Å². The van der Waals surface area contributed by atoms with Gasteiger partial charge in [-0.1, -0.05) is 44.4 Å². The number of nitrogens with one attached hydrogen (secondary N) is 2. The molecule has 1 heterocycles. The van der Waals surface area contributed by atoms with Crippen LogP contribution < -0.4 is 10.6 Å². The van der Waals surface area contributed by atoms with Crippen LogP contribution in [0.4, 0.5) is 0 Å². The van der Waals surface area contributed by atoms with E-state index in [0.29, 0.717) is 6.54 Å². The van der Waals surface area contributed by atoms with E-state index < -0.39 is 0 Å². The molecule has 0 aliphatic rings. The van der Waals surface area contributed by atoms with E-state index in [0.717, 1.165) is 30.6 Å². The van der Waals surface area contributed by atoms with Crippen LogP contribution in [0.2, 0.25) is 0 Å². The minimum atomic E-state index is 0. The van der Waals surface area contributed by atoms with E-state index in [1.54, 1.807) is 6.33 Å². The zero-order valence-electron chi connectivity index (χ0n) is 15.1. The third-order valence-corrected chi connectivity index (χ3v) is 3.70. The number of para-hydroxylation sites is 1. The highest BCUT2D eigenvalue weighted by molar-refractivity contribution is 14.0. The van der Waals surface area contributed by atoms with Crippen LogP contribution in [-0.4, -0.2) is 33.8 Å². The van der Waals surface area contributed by atoms with Crippen LogP contribution in [-0.2, 0) is 6.54 Å². The number of hydrogen-bond donors (Lipinski definition) is 2. The summed E-state index contributed by atoms with van der Waals surface area (Å²) in [5, 5.41) is 14.9. The Hall–Kier alpha value is -1.64. The number of aliphatic imine (C=N–C) groups is 1. The molecule has 0 saturated heterocycles. The van der Waals surface area contributed by atoms with Crippen molar-refractivity contribution in [3.05, 3.63) is 42.5 Å². The third kappa shape index (κ3) is 7.41. The predicted octanol–water partition coefficient (Wildman–Crippen LogP) is 3.52. The summed E-state index contributed by atoms with van der Waals surface area (Å²) < 4.78 is 1.97. The Morgan fingerprint density at radius 3 is 2.60 bits per heavy atom. The molecule has 2 N–H and O–H groups in total. The Balaban J connectivity index is 0.00000312. The van der Waals surface area contributed by atoms with Gasteiger partial charge in [0.15, 0.2) is 11.8 Å². The lowest BCUT2D eigenvalue weighted by molar-refractivity contribution is 0.646. The molecule has 1 aromatic heterocycles. The number of aromatic nitrogens is 3. The molecule has 0 atom stereocenters. The van der Waals surface area contributed by atoms with E-state index in [9.17, 15) is 0 Å². The van der Waals surface area contributed by atoms with Gasteiger partial charge in [-0.25, -0.2) is 4.99 Å². The van der Waals surface area contributed by atoms with Crippen LogP contribution in [0, 0.1) is 0 Å². The van der Waals surface area contributed by atoms with Crippen molar-refractivity contribution in [2.24, 2.45) is 4.99 Å².